The molecule has 8 nitrogen and oxygen atoms in total. The summed E-state index contributed by atoms with van der Waals surface area (Å²) < 4.78 is 49.6. The predicted molar refractivity (Wildman–Crippen MR) is 159 cm³/mol. The molecule has 2 aliphatic rings. The van der Waals surface area contributed by atoms with Crippen LogP contribution in [0.5, 0.6) is 5.88 Å². The van der Waals surface area contributed by atoms with Gasteiger partial charge in [0, 0.05) is 36.3 Å². The van der Waals surface area contributed by atoms with E-state index in [-0.39, 0.29) is 28.2 Å². The zero-order valence-corrected chi connectivity index (χ0v) is 25.0. The van der Waals surface area contributed by atoms with Gasteiger partial charge in [-0.1, -0.05) is 62.7 Å². The molecule has 1 aromatic heterocycles. The molecule has 2 saturated heterocycles. The Morgan fingerprint density at radius 1 is 1.14 bits per heavy atom. The lowest BCUT2D eigenvalue weighted by molar-refractivity contribution is -0.198. The van der Waals surface area contributed by atoms with Crippen LogP contribution in [-0.4, -0.2) is 52.9 Å². The van der Waals surface area contributed by atoms with Crippen LogP contribution in [0.1, 0.15) is 57.3 Å². The van der Waals surface area contributed by atoms with Gasteiger partial charge in [0.05, 0.1) is 0 Å². The number of halogens is 4. The molecular formula is C31H35ClF3N5O3. The Morgan fingerprint density at radius 2 is 1.86 bits per heavy atom. The Kier molecular flexibility index (Phi) is 8.26. The number of nitrogens with one attached hydrogen (secondary N) is 1. The fourth-order valence-corrected chi connectivity index (χ4v) is 6.10. The molecular weight excluding hydrogens is 583 g/mol. The van der Waals surface area contributed by atoms with Gasteiger partial charge in [-0.15, -0.1) is 0 Å². The predicted octanol–water partition coefficient (Wildman–Crippen LogP) is 6.39. The normalized spacial score (nSPS) is 19.4. The number of carboxylic acids is 1. The number of rotatable bonds is 6. The van der Waals surface area contributed by atoms with Crippen LogP contribution in [0.3, 0.4) is 0 Å². The maximum absolute atomic E-state index is 14.7. The van der Waals surface area contributed by atoms with Gasteiger partial charge in [0.2, 0.25) is 17.9 Å². The first kappa shape index (κ1) is 30.9. The number of hydrogen-bond donors (Lipinski definition) is 3. The number of nitrogens with two attached hydrogens (primary N) is 1. The van der Waals surface area contributed by atoms with E-state index < -0.39 is 24.3 Å². The van der Waals surface area contributed by atoms with E-state index in [9.17, 15) is 23.1 Å². The molecule has 2 atom stereocenters. The van der Waals surface area contributed by atoms with Crippen molar-refractivity contribution >= 4 is 29.3 Å². The van der Waals surface area contributed by atoms with Gasteiger partial charge in [0.25, 0.3) is 0 Å². The molecule has 0 radical (unpaired) electrons. The molecule has 3 aromatic rings. The number of hydrogen-bond acceptors (Lipinski definition) is 7. The van der Waals surface area contributed by atoms with Crippen molar-refractivity contribution in [3.8, 4) is 17.0 Å². The number of anilines is 2. The van der Waals surface area contributed by atoms with Crippen LogP contribution in [0.15, 0.2) is 48.5 Å². The Morgan fingerprint density at radius 3 is 2.49 bits per heavy atom. The number of benzene rings is 2. The fraction of sp³-hybridized carbons (Fsp3) is 0.452. The molecule has 2 aliphatic heterocycles. The van der Waals surface area contributed by atoms with Gasteiger partial charge in [-0.25, -0.2) is 0 Å². The minimum Gasteiger partial charge on any atom is -0.480 e. The van der Waals surface area contributed by atoms with Gasteiger partial charge in [0.1, 0.15) is 11.9 Å². The lowest BCUT2D eigenvalue weighted by Gasteiger charge is -2.39. The number of aromatic nitrogens is 2. The minimum atomic E-state index is -4.79. The first-order valence-corrected chi connectivity index (χ1v) is 14.5. The SMILES string of the molecule is CC(C)(C)c1cccc(-c2cc(Cl)ccc2[C@@H](Oc2cc(N3CCC4(CC3)CNC(C(=O)O)C4)nc(N)n2)C(F)(F)F)c1. The highest BCUT2D eigenvalue weighted by Crippen LogP contribution is 2.44. The summed E-state index contributed by atoms with van der Waals surface area (Å²) in [5.74, 6) is -1.03. The molecule has 2 aromatic carbocycles. The summed E-state index contributed by atoms with van der Waals surface area (Å²) in [6.07, 6.45) is -5.21. The van der Waals surface area contributed by atoms with Crippen molar-refractivity contribution in [1.29, 1.82) is 0 Å². The maximum Gasteiger partial charge on any atom is 0.429 e. The second-order valence-electron chi connectivity index (χ2n) is 12.5. The third-order valence-corrected chi connectivity index (χ3v) is 8.62. The number of nitrogen functional groups attached to an aromatic ring is 1. The molecule has 0 amide bonds. The van der Waals surface area contributed by atoms with Gasteiger partial charge in [0.15, 0.2) is 0 Å². The third-order valence-electron chi connectivity index (χ3n) is 8.39. The zero-order chi connectivity index (χ0) is 31.2. The highest BCUT2D eigenvalue weighted by atomic mass is 35.5. The quantitative estimate of drug-likeness (QED) is 0.292. The van der Waals surface area contributed by atoms with E-state index >= 15 is 0 Å². The number of piperidine rings is 1. The van der Waals surface area contributed by atoms with Gasteiger partial charge >= 0.3 is 12.1 Å². The lowest BCUT2D eigenvalue weighted by Crippen LogP contribution is -2.41. The first-order chi connectivity index (χ1) is 20.1. The third kappa shape index (κ3) is 6.83. The van der Waals surface area contributed by atoms with E-state index in [4.69, 9.17) is 22.1 Å². The molecule has 3 heterocycles. The van der Waals surface area contributed by atoms with Crippen molar-refractivity contribution in [2.45, 2.75) is 63.8 Å². The zero-order valence-electron chi connectivity index (χ0n) is 24.2. The van der Waals surface area contributed by atoms with Gasteiger partial charge in [-0.3, -0.25) is 4.79 Å². The van der Waals surface area contributed by atoms with Crippen molar-refractivity contribution in [1.82, 2.24) is 15.3 Å². The van der Waals surface area contributed by atoms with Gasteiger partial charge in [-0.2, -0.15) is 23.1 Å². The smallest absolute Gasteiger partial charge is 0.429 e. The number of carbonyl (C=O) groups is 1. The molecule has 0 aliphatic carbocycles. The average Bonchev–Trinajstić information content (AvgIpc) is 3.35. The summed E-state index contributed by atoms with van der Waals surface area (Å²) in [6, 6.07) is 12.4. The number of carboxylic acid groups (broad SMARTS) is 1. The van der Waals surface area contributed by atoms with E-state index in [1.807, 2.05) is 43.9 Å². The summed E-state index contributed by atoms with van der Waals surface area (Å²) in [4.78, 5) is 21.6. The van der Waals surface area contributed by atoms with Crippen LogP contribution >= 0.6 is 11.6 Å². The summed E-state index contributed by atoms with van der Waals surface area (Å²) >= 11 is 6.27. The van der Waals surface area contributed by atoms with Crippen LogP contribution < -0.4 is 20.7 Å². The minimum absolute atomic E-state index is 0.108. The Hall–Kier alpha value is -3.57. The van der Waals surface area contributed by atoms with Crippen molar-refractivity contribution in [2.24, 2.45) is 5.41 Å². The van der Waals surface area contributed by atoms with Crippen molar-refractivity contribution < 1.29 is 27.8 Å². The molecule has 230 valence electrons. The molecule has 0 bridgehead atoms. The second-order valence-corrected chi connectivity index (χ2v) is 12.9. The molecule has 1 unspecified atom stereocenters. The standard InChI is InChI=1S/C31H35ClF3N5O3/c1-29(2,3)19-6-4-5-18(13-19)22-14-20(32)7-8-21(22)26(31(33,34)35)43-25-15-24(38-28(36)39-25)40-11-9-30(10-12-40)16-23(27(41)42)37-17-30/h4-8,13-15,23,26,37H,9-12,16-17H2,1-3H3,(H,41,42)(H2,36,38,39)/t23?,26-/m1/s1. The number of aliphatic carboxylic acids is 1. The Bertz CT molecular complexity index is 1500. The van der Waals surface area contributed by atoms with Gasteiger partial charge in [-0.05, 0) is 58.9 Å². The topological polar surface area (TPSA) is 114 Å². The van der Waals surface area contributed by atoms with Gasteiger partial charge < -0.3 is 25.8 Å². The summed E-state index contributed by atoms with van der Waals surface area (Å²) in [5, 5.41) is 12.7. The monoisotopic (exact) mass is 617 g/mol. The van der Waals surface area contributed by atoms with Crippen LogP contribution in [0.2, 0.25) is 5.02 Å². The van der Waals surface area contributed by atoms with E-state index in [1.165, 1.54) is 24.3 Å². The summed E-state index contributed by atoms with van der Waals surface area (Å²) in [6.45, 7) is 7.78. The maximum atomic E-state index is 14.7. The number of alkyl halides is 3. The molecule has 43 heavy (non-hydrogen) atoms. The first-order valence-electron chi connectivity index (χ1n) is 14.1. The van der Waals surface area contributed by atoms with Crippen LogP contribution in [0.25, 0.3) is 11.1 Å². The summed E-state index contributed by atoms with van der Waals surface area (Å²) in [5.41, 5.74) is 7.33. The van der Waals surface area contributed by atoms with E-state index in [2.05, 4.69) is 15.3 Å². The van der Waals surface area contributed by atoms with E-state index in [0.717, 1.165) is 5.56 Å². The van der Waals surface area contributed by atoms with Crippen LogP contribution in [0.4, 0.5) is 24.9 Å². The lowest BCUT2D eigenvalue weighted by atomic mass is 9.76. The molecule has 4 N–H and O–H groups in total. The molecule has 1 spiro atoms. The van der Waals surface area contributed by atoms with E-state index in [1.54, 1.807) is 6.07 Å². The highest BCUT2D eigenvalue weighted by Gasteiger charge is 2.46. The Balaban J connectivity index is 1.43. The molecule has 2 fully saturated rings. The average molecular weight is 618 g/mol. The van der Waals surface area contributed by atoms with E-state index in [0.29, 0.717) is 60.9 Å². The van der Waals surface area contributed by atoms with Crippen molar-refractivity contribution in [3.05, 3.63) is 64.7 Å². The number of nitrogens with zero attached hydrogens (tertiary/aromatic N) is 3. The molecule has 0 saturated carbocycles. The largest absolute Gasteiger partial charge is 0.480 e. The van der Waals surface area contributed by atoms with Crippen molar-refractivity contribution in [3.63, 3.8) is 0 Å². The van der Waals surface area contributed by atoms with Crippen LogP contribution in [0, 0.1) is 5.41 Å². The molecule has 12 heteroatoms. The highest BCUT2D eigenvalue weighted by molar-refractivity contribution is 6.30. The van der Waals surface area contributed by atoms with Crippen LogP contribution in [-0.2, 0) is 10.2 Å². The second kappa shape index (κ2) is 11.5. The number of ether oxygens (including phenoxy) is 1. The molecule has 5 rings (SSSR count). The Labute approximate surface area is 253 Å². The summed E-state index contributed by atoms with van der Waals surface area (Å²) in [7, 11) is 0. The van der Waals surface area contributed by atoms with Crippen molar-refractivity contribution in [2.75, 3.05) is 30.3 Å². The fourth-order valence-electron chi connectivity index (χ4n) is 5.92.